The van der Waals surface area contributed by atoms with E-state index in [1.54, 1.807) is 0 Å². The van der Waals surface area contributed by atoms with Crippen LogP contribution in [0, 0.1) is 5.82 Å². The molecule has 0 saturated carbocycles. The van der Waals surface area contributed by atoms with Gasteiger partial charge in [0.25, 0.3) is 5.91 Å². The first kappa shape index (κ1) is 19.1. The maximum absolute atomic E-state index is 13.4. The summed E-state index contributed by atoms with van der Waals surface area (Å²) < 4.78 is 13.4. The first-order chi connectivity index (χ1) is 13.0. The van der Waals surface area contributed by atoms with Crippen molar-refractivity contribution in [2.45, 2.75) is 18.9 Å². The topological polar surface area (TPSA) is 35.6 Å². The Balaban J connectivity index is 1.74. The molecule has 0 unspecified atom stereocenters. The number of anilines is 2. The second-order valence-corrected chi connectivity index (χ2v) is 7.09. The molecule has 1 aliphatic rings. The van der Waals surface area contributed by atoms with E-state index in [1.165, 1.54) is 24.3 Å². The Hall–Kier alpha value is -2.66. The SMILES string of the molecule is C=Cc1cc(F)ccc1C(=O)Nc1cccc(N(C)C2CCN(C)CC2)c1. The second-order valence-electron chi connectivity index (χ2n) is 7.09. The van der Waals surface area contributed by atoms with Crippen LogP contribution in [0.2, 0.25) is 0 Å². The summed E-state index contributed by atoms with van der Waals surface area (Å²) in [5.41, 5.74) is 2.68. The van der Waals surface area contributed by atoms with E-state index in [9.17, 15) is 9.18 Å². The van der Waals surface area contributed by atoms with Gasteiger partial charge in [0, 0.05) is 30.0 Å². The zero-order valence-electron chi connectivity index (χ0n) is 15.9. The molecular weight excluding hydrogens is 341 g/mol. The van der Waals surface area contributed by atoms with Crippen molar-refractivity contribution in [3.05, 3.63) is 66.0 Å². The molecule has 1 fully saturated rings. The number of likely N-dealkylation sites (tertiary alicyclic amines) is 1. The van der Waals surface area contributed by atoms with Crippen molar-refractivity contribution in [2.24, 2.45) is 0 Å². The lowest BCUT2D eigenvalue weighted by molar-refractivity contribution is 0.102. The summed E-state index contributed by atoms with van der Waals surface area (Å²) in [6.07, 6.45) is 3.74. The Bertz CT molecular complexity index is 828. The lowest BCUT2D eigenvalue weighted by atomic mass is 10.0. The van der Waals surface area contributed by atoms with E-state index in [2.05, 4.69) is 41.9 Å². The van der Waals surface area contributed by atoms with Gasteiger partial charge < -0.3 is 15.1 Å². The van der Waals surface area contributed by atoms with Crippen LogP contribution in [-0.2, 0) is 0 Å². The Morgan fingerprint density at radius 3 is 2.70 bits per heavy atom. The van der Waals surface area contributed by atoms with E-state index in [4.69, 9.17) is 0 Å². The summed E-state index contributed by atoms with van der Waals surface area (Å²) in [4.78, 5) is 17.3. The molecule has 1 saturated heterocycles. The van der Waals surface area contributed by atoms with Crippen molar-refractivity contribution in [1.82, 2.24) is 4.90 Å². The molecule has 0 radical (unpaired) electrons. The van der Waals surface area contributed by atoms with Crippen molar-refractivity contribution in [3.63, 3.8) is 0 Å². The number of halogens is 1. The zero-order chi connectivity index (χ0) is 19.4. The average molecular weight is 367 g/mol. The van der Waals surface area contributed by atoms with Crippen LogP contribution in [0.1, 0.15) is 28.8 Å². The normalized spacial score (nSPS) is 15.4. The Morgan fingerprint density at radius 2 is 2.00 bits per heavy atom. The first-order valence-electron chi connectivity index (χ1n) is 9.22. The molecule has 0 atom stereocenters. The largest absolute Gasteiger partial charge is 0.371 e. The van der Waals surface area contributed by atoms with Crippen LogP contribution in [0.3, 0.4) is 0 Å². The molecule has 3 rings (SSSR count). The van der Waals surface area contributed by atoms with Crippen LogP contribution in [0.4, 0.5) is 15.8 Å². The van der Waals surface area contributed by atoms with Gasteiger partial charge >= 0.3 is 0 Å². The molecule has 0 aromatic heterocycles. The molecule has 1 heterocycles. The van der Waals surface area contributed by atoms with Gasteiger partial charge in [-0.3, -0.25) is 4.79 Å². The molecule has 0 bridgehead atoms. The number of nitrogens with zero attached hydrogens (tertiary/aromatic N) is 2. The lowest BCUT2D eigenvalue weighted by Gasteiger charge is -2.36. The number of rotatable bonds is 5. The summed E-state index contributed by atoms with van der Waals surface area (Å²) in [7, 11) is 4.26. The Morgan fingerprint density at radius 1 is 1.26 bits per heavy atom. The summed E-state index contributed by atoms with van der Waals surface area (Å²) in [5.74, 6) is -0.660. The molecule has 1 N–H and O–H groups in total. The predicted molar refractivity (Wildman–Crippen MR) is 110 cm³/mol. The quantitative estimate of drug-likeness (QED) is 0.858. The zero-order valence-corrected chi connectivity index (χ0v) is 15.9. The lowest BCUT2D eigenvalue weighted by Crippen LogP contribution is -2.42. The molecule has 5 heteroatoms. The molecular formula is C22H26FN3O. The molecule has 1 aliphatic heterocycles. The highest BCUT2D eigenvalue weighted by atomic mass is 19.1. The standard InChI is InChI=1S/C22H26FN3O/c1-4-16-14-17(23)8-9-21(16)22(27)24-18-6-5-7-20(15-18)26(3)19-10-12-25(2)13-11-19/h4-9,14-15,19H,1,10-13H2,2-3H3,(H,24,27). The van der Waals surface area contributed by atoms with E-state index in [1.807, 2.05) is 18.2 Å². The first-order valence-corrected chi connectivity index (χ1v) is 9.22. The van der Waals surface area contributed by atoms with Gasteiger partial charge in [-0.05, 0) is 74.9 Å². The number of hydrogen-bond acceptors (Lipinski definition) is 3. The van der Waals surface area contributed by atoms with Gasteiger partial charge in [0.15, 0.2) is 0 Å². The Kier molecular flexibility index (Phi) is 5.91. The molecule has 0 aliphatic carbocycles. The highest BCUT2D eigenvalue weighted by molar-refractivity contribution is 6.06. The minimum Gasteiger partial charge on any atom is -0.371 e. The highest BCUT2D eigenvalue weighted by Crippen LogP contribution is 2.25. The number of piperidine rings is 1. The van der Waals surface area contributed by atoms with Crippen molar-refractivity contribution >= 4 is 23.4 Å². The summed E-state index contributed by atoms with van der Waals surface area (Å²) in [5, 5.41) is 2.91. The smallest absolute Gasteiger partial charge is 0.256 e. The highest BCUT2D eigenvalue weighted by Gasteiger charge is 2.21. The summed E-state index contributed by atoms with van der Waals surface area (Å²) in [6, 6.07) is 12.4. The van der Waals surface area contributed by atoms with E-state index < -0.39 is 0 Å². The fourth-order valence-corrected chi connectivity index (χ4v) is 3.50. The molecule has 2 aromatic carbocycles. The average Bonchev–Trinajstić information content (AvgIpc) is 2.68. The van der Waals surface area contributed by atoms with E-state index in [0.29, 0.717) is 17.2 Å². The maximum Gasteiger partial charge on any atom is 0.256 e. The molecule has 4 nitrogen and oxygen atoms in total. The van der Waals surface area contributed by atoms with Gasteiger partial charge in [0.2, 0.25) is 0 Å². The van der Waals surface area contributed by atoms with Crippen LogP contribution in [-0.4, -0.2) is 44.0 Å². The van der Waals surface area contributed by atoms with Gasteiger partial charge in [-0.2, -0.15) is 0 Å². The second kappa shape index (κ2) is 8.35. The fourth-order valence-electron chi connectivity index (χ4n) is 3.50. The minimum atomic E-state index is -0.386. The van der Waals surface area contributed by atoms with Gasteiger partial charge in [0.1, 0.15) is 5.82 Å². The number of carbonyl (C=O) groups excluding carboxylic acids is 1. The van der Waals surface area contributed by atoms with Crippen molar-refractivity contribution in [3.8, 4) is 0 Å². The van der Waals surface area contributed by atoms with Crippen molar-refractivity contribution in [2.75, 3.05) is 37.4 Å². The monoisotopic (exact) mass is 367 g/mol. The predicted octanol–water partition coefficient (Wildman–Crippen LogP) is 4.25. The third kappa shape index (κ3) is 4.55. The molecule has 27 heavy (non-hydrogen) atoms. The summed E-state index contributed by atoms with van der Waals surface area (Å²) >= 11 is 0. The number of hydrogen-bond donors (Lipinski definition) is 1. The molecule has 2 aromatic rings. The van der Waals surface area contributed by atoms with Gasteiger partial charge in [-0.1, -0.05) is 18.7 Å². The van der Waals surface area contributed by atoms with Crippen LogP contribution in [0.5, 0.6) is 0 Å². The van der Waals surface area contributed by atoms with E-state index >= 15 is 0 Å². The van der Waals surface area contributed by atoms with E-state index in [-0.39, 0.29) is 11.7 Å². The number of nitrogens with one attached hydrogen (secondary N) is 1. The van der Waals surface area contributed by atoms with Crippen LogP contribution >= 0.6 is 0 Å². The van der Waals surface area contributed by atoms with Crippen molar-refractivity contribution in [1.29, 1.82) is 0 Å². The number of amides is 1. The van der Waals surface area contributed by atoms with E-state index in [0.717, 1.165) is 37.3 Å². The van der Waals surface area contributed by atoms with Crippen LogP contribution in [0.15, 0.2) is 49.0 Å². The fraction of sp³-hybridized carbons (Fsp3) is 0.318. The number of benzene rings is 2. The maximum atomic E-state index is 13.4. The van der Waals surface area contributed by atoms with Crippen LogP contribution < -0.4 is 10.2 Å². The van der Waals surface area contributed by atoms with Gasteiger partial charge in [0.05, 0.1) is 0 Å². The molecule has 0 spiro atoms. The van der Waals surface area contributed by atoms with Gasteiger partial charge in [-0.25, -0.2) is 4.39 Å². The third-order valence-corrected chi connectivity index (χ3v) is 5.23. The summed E-state index contributed by atoms with van der Waals surface area (Å²) in [6.45, 7) is 5.85. The Labute approximate surface area is 160 Å². The number of carbonyl (C=O) groups is 1. The minimum absolute atomic E-state index is 0.274. The third-order valence-electron chi connectivity index (χ3n) is 5.23. The molecule has 1 amide bonds. The molecule has 142 valence electrons. The van der Waals surface area contributed by atoms with Crippen LogP contribution in [0.25, 0.3) is 6.08 Å². The van der Waals surface area contributed by atoms with Gasteiger partial charge in [-0.15, -0.1) is 0 Å². The van der Waals surface area contributed by atoms with Crippen molar-refractivity contribution < 1.29 is 9.18 Å².